The zero-order chi connectivity index (χ0) is 22.6. The van der Waals surface area contributed by atoms with Gasteiger partial charge in [0.1, 0.15) is 6.04 Å². The van der Waals surface area contributed by atoms with Gasteiger partial charge in [-0.3, -0.25) is 15.1 Å². The number of hydrogen-bond acceptors (Lipinski definition) is 7. The number of hydrogen-bond donors (Lipinski definition) is 1. The van der Waals surface area contributed by atoms with Crippen LogP contribution in [0.1, 0.15) is 39.4 Å². The first-order chi connectivity index (χ1) is 16.2. The van der Waals surface area contributed by atoms with Gasteiger partial charge in [-0.05, 0) is 34.7 Å². The maximum absolute atomic E-state index is 13.4. The lowest BCUT2D eigenvalue weighted by Gasteiger charge is -2.20. The van der Waals surface area contributed by atoms with Gasteiger partial charge in [0.2, 0.25) is 5.89 Å². The van der Waals surface area contributed by atoms with E-state index in [4.69, 9.17) is 9.36 Å². The van der Waals surface area contributed by atoms with Gasteiger partial charge in [0.15, 0.2) is 5.82 Å². The van der Waals surface area contributed by atoms with Crippen molar-refractivity contribution >= 4 is 17.2 Å². The first kappa shape index (κ1) is 21.1. The van der Waals surface area contributed by atoms with Crippen LogP contribution < -0.4 is 5.48 Å². The molecule has 1 aliphatic heterocycles. The molecule has 8 heteroatoms. The van der Waals surface area contributed by atoms with E-state index in [1.807, 2.05) is 72.1 Å². The minimum atomic E-state index is -0.409. The molecule has 7 nitrogen and oxygen atoms in total. The van der Waals surface area contributed by atoms with Crippen LogP contribution in [0.3, 0.4) is 0 Å². The van der Waals surface area contributed by atoms with E-state index in [9.17, 15) is 4.79 Å². The van der Waals surface area contributed by atoms with Gasteiger partial charge in [-0.15, -0.1) is 11.3 Å². The highest BCUT2D eigenvalue weighted by molar-refractivity contribution is 7.09. The molecule has 3 heterocycles. The first-order valence-corrected chi connectivity index (χ1v) is 11.4. The number of thiophene rings is 1. The number of nitrogens with zero attached hydrogens (tertiary/aromatic N) is 3. The van der Waals surface area contributed by atoms with E-state index >= 15 is 0 Å². The van der Waals surface area contributed by atoms with E-state index in [-0.39, 0.29) is 5.91 Å². The first-order valence-electron chi connectivity index (χ1n) is 10.5. The second-order valence-corrected chi connectivity index (χ2v) is 8.67. The smallest absolute Gasteiger partial charge is 0.258 e. The molecule has 0 saturated carbocycles. The second-order valence-electron chi connectivity index (χ2n) is 7.64. The molecule has 1 aliphatic rings. The molecule has 1 unspecified atom stereocenters. The molecule has 4 aromatic rings. The minimum Gasteiger partial charge on any atom is -0.337 e. The van der Waals surface area contributed by atoms with Crippen molar-refractivity contribution in [1.82, 2.24) is 20.5 Å². The van der Waals surface area contributed by atoms with Crippen LogP contribution in [0.15, 0.2) is 88.5 Å². The largest absolute Gasteiger partial charge is 0.337 e. The number of rotatable bonds is 7. The summed E-state index contributed by atoms with van der Waals surface area (Å²) < 4.78 is 5.56. The van der Waals surface area contributed by atoms with Crippen LogP contribution in [0.4, 0.5) is 0 Å². The van der Waals surface area contributed by atoms with Gasteiger partial charge in [0, 0.05) is 29.5 Å². The summed E-state index contributed by atoms with van der Waals surface area (Å²) in [7, 11) is 1.54. The summed E-state index contributed by atoms with van der Waals surface area (Å²) in [6, 6.07) is 21.3. The Hall–Kier alpha value is -3.75. The van der Waals surface area contributed by atoms with Gasteiger partial charge in [-0.1, -0.05) is 53.7 Å². The lowest BCUT2D eigenvalue weighted by molar-refractivity contribution is 0.0760. The predicted octanol–water partition coefficient (Wildman–Crippen LogP) is 4.97. The van der Waals surface area contributed by atoms with Crippen molar-refractivity contribution in [1.29, 1.82) is 0 Å². The van der Waals surface area contributed by atoms with Crippen molar-refractivity contribution in [2.24, 2.45) is 0 Å². The Bertz CT molecular complexity index is 1250. The summed E-state index contributed by atoms with van der Waals surface area (Å²) in [4.78, 5) is 25.8. The second kappa shape index (κ2) is 9.40. The Kier molecular flexibility index (Phi) is 6.01. The Labute approximate surface area is 195 Å². The molecule has 2 aromatic heterocycles. The molecule has 0 aliphatic carbocycles. The molecule has 0 spiro atoms. The van der Waals surface area contributed by atoms with Crippen LogP contribution >= 0.6 is 11.3 Å². The molecule has 0 saturated heterocycles. The monoisotopic (exact) mass is 458 g/mol. The van der Waals surface area contributed by atoms with E-state index in [2.05, 4.69) is 15.6 Å². The van der Waals surface area contributed by atoms with Gasteiger partial charge in [-0.25, -0.2) is 0 Å². The molecule has 1 amide bonds. The average molecular weight is 459 g/mol. The Morgan fingerprint density at radius 2 is 1.91 bits per heavy atom. The summed E-state index contributed by atoms with van der Waals surface area (Å²) >= 11 is 1.65. The number of benzene rings is 2. The molecule has 1 N–H and O–H groups in total. The number of aromatic nitrogens is 2. The summed E-state index contributed by atoms with van der Waals surface area (Å²) in [5.41, 5.74) is 6.33. The Morgan fingerprint density at radius 1 is 1.12 bits per heavy atom. The summed E-state index contributed by atoms with van der Waals surface area (Å²) in [6.07, 6.45) is 2.83. The minimum absolute atomic E-state index is 0.148. The fraction of sp³-hybridized carbons (Fsp3) is 0.160. The van der Waals surface area contributed by atoms with Crippen LogP contribution in [0.5, 0.6) is 0 Å². The Balaban J connectivity index is 1.38. The standard InChI is InChI=1S/C25H22N4O3S/c1-31-27-20-14-22(24-26-23(28-32-24)15-21-8-5-13-33-21)29(16-20)25(30)19-11-9-18(10-12-19)17-6-3-2-4-7-17/h2-13,16,22,27H,14-15H2,1H3. The number of carbonyl (C=O) groups is 1. The highest BCUT2D eigenvalue weighted by atomic mass is 32.1. The molecular weight excluding hydrogens is 436 g/mol. The third-order valence-electron chi connectivity index (χ3n) is 5.43. The number of hydroxylamine groups is 1. The SMILES string of the molecule is CONC1=CN(C(=O)c2ccc(-c3ccccc3)cc2)C(c2nc(Cc3cccs3)no2)C1. The van der Waals surface area contributed by atoms with Gasteiger partial charge in [0.05, 0.1) is 12.8 Å². The number of carbonyl (C=O) groups excluding carboxylic acids is 1. The summed E-state index contributed by atoms with van der Waals surface area (Å²) in [5.74, 6) is 0.853. The van der Waals surface area contributed by atoms with E-state index in [0.717, 1.165) is 21.7 Å². The summed E-state index contributed by atoms with van der Waals surface area (Å²) in [6.45, 7) is 0. The third-order valence-corrected chi connectivity index (χ3v) is 6.31. The van der Waals surface area contributed by atoms with Gasteiger partial charge in [-0.2, -0.15) is 4.98 Å². The third kappa shape index (κ3) is 4.57. The van der Waals surface area contributed by atoms with Crippen molar-refractivity contribution in [2.75, 3.05) is 7.11 Å². The van der Waals surface area contributed by atoms with Crippen molar-refractivity contribution in [3.63, 3.8) is 0 Å². The topological polar surface area (TPSA) is 80.5 Å². The van der Waals surface area contributed by atoms with Crippen molar-refractivity contribution in [3.8, 4) is 11.1 Å². The highest BCUT2D eigenvalue weighted by Crippen LogP contribution is 2.34. The quantitative estimate of drug-likeness (QED) is 0.394. The predicted molar refractivity (Wildman–Crippen MR) is 125 cm³/mol. The molecule has 1 atom stereocenters. The van der Waals surface area contributed by atoms with E-state index < -0.39 is 6.04 Å². The van der Waals surface area contributed by atoms with Crippen LogP contribution in [0.2, 0.25) is 0 Å². The normalized spacial score (nSPS) is 15.5. The van der Waals surface area contributed by atoms with Crippen molar-refractivity contribution in [3.05, 3.63) is 106 Å². The zero-order valence-corrected chi connectivity index (χ0v) is 18.8. The van der Waals surface area contributed by atoms with Gasteiger partial charge < -0.3 is 9.42 Å². The maximum Gasteiger partial charge on any atom is 0.258 e. The van der Waals surface area contributed by atoms with Gasteiger partial charge in [0.25, 0.3) is 5.91 Å². The van der Waals surface area contributed by atoms with Crippen LogP contribution in [0.25, 0.3) is 11.1 Å². The van der Waals surface area contributed by atoms with E-state index in [0.29, 0.717) is 30.1 Å². The number of nitrogens with one attached hydrogen (secondary N) is 1. The lowest BCUT2D eigenvalue weighted by atomic mass is 10.0. The zero-order valence-electron chi connectivity index (χ0n) is 18.0. The van der Waals surface area contributed by atoms with Crippen molar-refractivity contribution < 1.29 is 14.2 Å². The molecule has 0 fully saturated rings. The Morgan fingerprint density at radius 3 is 2.64 bits per heavy atom. The molecule has 33 heavy (non-hydrogen) atoms. The lowest BCUT2D eigenvalue weighted by Crippen LogP contribution is -2.27. The molecular formula is C25H22N4O3S. The van der Waals surface area contributed by atoms with Crippen LogP contribution in [-0.4, -0.2) is 28.1 Å². The molecule has 2 aromatic carbocycles. The molecule has 0 bridgehead atoms. The highest BCUT2D eigenvalue weighted by Gasteiger charge is 2.35. The average Bonchev–Trinajstić information content (AvgIpc) is 3.61. The number of amides is 1. The van der Waals surface area contributed by atoms with Crippen LogP contribution in [-0.2, 0) is 11.3 Å². The fourth-order valence-corrected chi connectivity index (χ4v) is 4.55. The fourth-order valence-electron chi connectivity index (χ4n) is 3.85. The molecule has 5 rings (SSSR count). The van der Waals surface area contributed by atoms with Gasteiger partial charge >= 0.3 is 0 Å². The molecule has 0 radical (unpaired) electrons. The maximum atomic E-state index is 13.4. The van der Waals surface area contributed by atoms with E-state index in [1.54, 1.807) is 22.4 Å². The summed E-state index contributed by atoms with van der Waals surface area (Å²) in [5, 5.41) is 6.14. The van der Waals surface area contributed by atoms with E-state index in [1.165, 1.54) is 7.11 Å². The van der Waals surface area contributed by atoms with Crippen molar-refractivity contribution in [2.45, 2.75) is 18.9 Å². The molecule has 166 valence electrons. The van der Waals surface area contributed by atoms with Crippen LogP contribution in [0, 0.1) is 0 Å².